The van der Waals surface area contributed by atoms with E-state index in [1.807, 2.05) is 4.72 Å². The highest BCUT2D eigenvalue weighted by Crippen LogP contribution is 2.18. The Morgan fingerprint density at radius 3 is 2.68 bits per heavy atom. The number of carboxylic acid groups (broad SMARTS) is 1. The average Bonchev–Trinajstić information content (AvgIpc) is 2.30. The number of sulfonamides is 1. The van der Waals surface area contributed by atoms with Crippen LogP contribution in [0.5, 0.6) is 0 Å². The highest BCUT2D eigenvalue weighted by molar-refractivity contribution is 7.92. The van der Waals surface area contributed by atoms with Crippen molar-refractivity contribution in [1.29, 1.82) is 0 Å². The summed E-state index contributed by atoms with van der Waals surface area (Å²) in [7, 11) is -2.47. The zero-order chi connectivity index (χ0) is 14.6. The number of carboxylic acids is 1. The molecule has 0 bridgehead atoms. The van der Waals surface area contributed by atoms with Gasteiger partial charge in [0.05, 0.1) is 23.1 Å². The van der Waals surface area contributed by atoms with Crippen LogP contribution in [0.2, 0.25) is 0 Å². The van der Waals surface area contributed by atoms with Crippen molar-refractivity contribution in [3.05, 3.63) is 29.6 Å². The van der Waals surface area contributed by atoms with Gasteiger partial charge in [-0.2, -0.15) is 0 Å². The molecule has 1 aromatic rings. The summed E-state index contributed by atoms with van der Waals surface area (Å²) in [5.41, 5.74) is -0.609. The van der Waals surface area contributed by atoms with Crippen molar-refractivity contribution in [3.63, 3.8) is 0 Å². The first-order valence-electron chi connectivity index (χ1n) is 5.31. The first-order valence-corrected chi connectivity index (χ1v) is 6.96. The summed E-state index contributed by atoms with van der Waals surface area (Å²) >= 11 is 0. The number of anilines is 1. The summed E-state index contributed by atoms with van der Waals surface area (Å²) in [4.78, 5) is 10.7. The minimum Gasteiger partial charge on any atom is -0.478 e. The predicted molar refractivity (Wildman–Crippen MR) is 67.2 cm³/mol. The number of nitrogens with one attached hydrogen (secondary N) is 1. The number of benzene rings is 1. The first kappa shape index (κ1) is 15.4. The molecular formula is C11H14FNO5S. The van der Waals surface area contributed by atoms with Crippen LogP contribution in [-0.2, 0) is 14.8 Å². The largest absolute Gasteiger partial charge is 0.478 e. The van der Waals surface area contributed by atoms with Gasteiger partial charge in [-0.05, 0) is 25.1 Å². The van der Waals surface area contributed by atoms with Gasteiger partial charge >= 0.3 is 5.97 Å². The Hall–Kier alpha value is -1.67. The van der Waals surface area contributed by atoms with Gasteiger partial charge in [0.25, 0.3) is 0 Å². The van der Waals surface area contributed by atoms with E-state index in [2.05, 4.69) is 0 Å². The van der Waals surface area contributed by atoms with E-state index in [0.29, 0.717) is 0 Å². The topological polar surface area (TPSA) is 92.7 Å². The maximum Gasteiger partial charge on any atom is 0.335 e. The van der Waals surface area contributed by atoms with Crippen LogP contribution < -0.4 is 4.72 Å². The molecule has 0 spiro atoms. The fourth-order valence-electron chi connectivity index (χ4n) is 1.32. The molecule has 0 fully saturated rings. The molecule has 19 heavy (non-hydrogen) atoms. The van der Waals surface area contributed by atoms with Crippen LogP contribution in [-0.4, -0.2) is 38.5 Å². The van der Waals surface area contributed by atoms with E-state index < -0.39 is 33.6 Å². The van der Waals surface area contributed by atoms with Crippen molar-refractivity contribution in [3.8, 4) is 0 Å². The predicted octanol–water partition coefficient (Wildman–Crippen LogP) is 1.30. The average molecular weight is 291 g/mol. The van der Waals surface area contributed by atoms with Gasteiger partial charge in [-0.1, -0.05) is 0 Å². The second-order valence-electron chi connectivity index (χ2n) is 3.93. The van der Waals surface area contributed by atoms with Crippen LogP contribution in [0.4, 0.5) is 10.1 Å². The van der Waals surface area contributed by atoms with Crippen molar-refractivity contribution in [2.45, 2.75) is 13.0 Å². The van der Waals surface area contributed by atoms with Gasteiger partial charge in [0.1, 0.15) is 5.82 Å². The SMILES string of the molecule is COC(C)CS(=O)(=O)Nc1cc(C(=O)O)ccc1F. The van der Waals surface area contributed by atoms with E-state index in [-0.39, 0.29) is 11.3 Å². The zero-order valence-corrected chi connectivity index (χ0v) is 11.2. The van der Waals surface area contributed by atoms with Crippen LogP contribution in [0.1, 0.15) is 17.3 Å². The monoisotopic (exact) mass is 291 g/mol. The molecule has 0 saturated carbocycles. The Morgan fingerprint density at radius 1 is 1.53 bits per heavy atom. The molecule has 106 valence electrons. The molecule has 1 aromatic carbocycles. The summed E-state index contributed by atoms with van der Waals surface area (Å²) in [6.07, 6.45) is -0.566. The normalized spacial score (nSPS) is 13.0. The molecule has 1 atom stereocenters. The molecule has 0 amide bonds. The van der Waals surface area contributed by atoms with Crippen LogP contribution in [0.25, 0.3) is 0 Å². The number of hydrogen-bond acceptors (Lipinski definition) is 4. The third-order valence-electron chi connectivity index (χ3n) is 2.34. The Morgan fingerprint density at radius 2 is 2.16 bits per heavy atom. The standard InChI is InChI=1S/C11H14FNO5S/c1-7(18-2)6-19(16,17)13-10-5-8(11(14)15)3-4-9(10)12/h3-5,7,13H,6H2,1-2H3,(H,14,15). The molecule has 1 rings (SSSR count). The fourth-order valence-corrected chi connectivity index (χ4v) is 2.65. The number of carbonyl (C=O) groups is 1. The Balaban J connectivity index is 2.98. The van der Waals surface area contributed by atoms with E-state index >= 15 is 0 Å². The number of methoxy groups -OCH3 is 1. The van der Waals surface area contributed by atoms with Crippen molar-refractivity contribution in [2.24, 2.45) is 0 Å². The van der Waals surface area contributed by atoms with Gasteiger partial charge in [0, 0.05) is 7.11 Å². The number of hydrogen-bond donors (Lipinski definition) is 2. The van der Waals surface area contributed by atoms with Crippen LogP contribution in [0, 0.1) is 5.82 Å². The van der Waals surface area contributed by atoms with E-state index in [1.165, 1.54) is 7.11 Å². The minimum atomic E-state index is -3.82. The molecule has 0 saturated heterocycles. The summed E-state index contributed by atoms with van der Waals surface area (Å²) in [6, 6.07) is 2.86. The number of halogens is 1. The number of aromatic carboxylic acids is 1. The Kier molecular flexibility index (Phi) is 4.84. The third-order valence-corrected chi connectivity index (χ3v) is 3.77. The lowest BCUT2D eigenvalue weighted by molar-refractivity contribution is 0.0697. The van der Waals surface area contributed by atoms with Crippen molar-refractivity contribution < 1.29 is 27.4 Å². The van der Waals surface area contributed by atoms with Gasteiger partial charge < -0.3 is 9.84 Å². The van der Waals surface area contributed by atoms with Crippen molar-refractivity contribution in [1.82, 2.24) is 0 Å². The lowest BCUT2D eigenvalue weighted by Crippen LogP contribution is -2.26. The van der Waals surface area contributed by atoms with Gasteiger partial charge in [-0.3, -0.25) is 4.72 Å². The lowest BCUT2D eigenvalue weighted by atomic mass is 10.2. The third kappa shape index (κ3) is 4.49. The van der Waals surface area contributed by atoms with Crippen molar-refractivity contribution >= 4 is 21.7 Å². The van der Waals surface area contributed by atoms with Crippen LogP contribution >= 0.6 is 0 Å². The molecule has 2 N–H and O–H groups in total. The zero-order valence-electron chi connectivity index (χ0n) is 10.4. The summed E-state index contributed by atoms with van der Waals surface area (Å²) in [6.45, 7) is 1.54. The Labute approximate surface area is 110 Å². The highest BCUT2D eigenvalue weighted by atomic mass is 32.2. The molecule has 6 nitrogen and oxygen atoms in total. The van der Waals surface area contributed by atoms with Gasteiger partial charge in [-0.25, -0.2) is 17.6 Å². The quantitative estimate of drug-likeness (QED) is 0.824. The smallest absolute Gasteiger partial charge is 0.335 e. The van der Waals surface area contributed by atoms with Gasteiger partial charge in [-0.15, -0.1) is 0 Å². The molecule has 0 aliphatic carbocycles. The molecule has 0 aliphatic rings. The molecule has 0 radical (unpaired) electrons. The lowest BCUT2D eigenvalue weighted by Gasteiger charge is -2.12. The first-order chi connectivity index (χ1) is 8.75. The van der Waals surface area contributed by atoms with Gasteiger partial charge in [0.2, 0.25) is 10.0 Å². The maximum atomic E-state index is 13.4. The molecule has 1 unspecified atom stereocenters. The van der Waals surface area contributed by atoms with Crippen LogP contribution in [0.3, 0.4) is 0 Å². The molecule has 0 aliphatic heterocycles. The number of rotatable bonds is 6. The summed E-state index contributed by atoms with van der Waals surface area (Å²) in [5.74, 6) is -2.48. The van der Waals surface area contributed by atoms with Crippen LogP contribution in [0.15, 0.2) is 18.2 Å². The maximum absolute atomic E-state index is 13.4. The molecule has 0 heterocycles. The minimum absolute atomic E-state index is 0.209. The molecule has 8 heteroatoms. The van der Waals surface area contributed by atoms with E-state index in [4.69, 9.17) is 9.84 Å². The van der Waals surface area contributed by atoms with E-state index in [1.54, 1.807) is 6.92 Å². The summed E-state index contributed by atoms with van der Waals surface area (Å²) in [5, 5.41) is 8.76. The Bertz CT molecular complexity index is 572. The van der Waals surface area contributed by atoms with Gasteiger partial charge in [0.15, 0.2) is 0 Å². The second-order valence-corrected chi connectivity index (χ2v) is 5.70. The molecular weight excluding hydrogens is 277 g/mol. The fraction of sp³-hybridized carbons (Fsp3) is 0.364. The van der Waals surface area contributed by atoms with E-state index in [0.717, 1.165) is 18.2 Å². The van der Waals surface area contributed by atoms with Crippen molar-refractivity contribution in [2.75, 3.05) is 17.6 Å². The second kappa shape index (κ2) is 5.98. The highest BCUT2D eigenvalue weighted by Gasteiger charge is 2.18. The molecule has 0 aromatic heterocycles. The van der Waals surface area contributed by atoms with E-state index in [9.17, 15) is 17.6 Å². The summed E-state index contributed by atoms with van der Waals surface area (Å²) < 4.78 is 43.6. The number of ether oxygens (including phenoxy) is 1.